The molecule has 0 radical (unpaired) electrons. The summed E-state index contributed by atoms with van der Waals surface area (Å²) in [6.45, 7) is 3.70. The Labute approximate surface area is 177 Å². The normalized spacial score (nSPS) is 11.1. The zero-order valence-corrected chi connectivity index (χ0v) is 17.0. The summed E-state index contributed by atoms with van der Waals surface area (Å²) in [7, 11) is 0. The van der Waals surface area contributed by atoms with Crippen LogP contribution in [0.3, 0.4) is 0 Å². The number of rotatable bonds is 18. The van der Waals surface area contributed by atoms with Crippen LogP contribution in [0.4, 0.5) is 17.6 Å². The third kappa shape index (κ3) is 12.0. The second-order valence-corrected chi connectivity index (χ2v) is 5.87. The first-order valence-electron chi connectivity index (χ1n) is 9.59. The van der Waals surface area contributed by atoms with Gasteiger partial charge in [0.15, 0.2) is 11.6 Å². The van der Waals surface area contributed by atoms with Gasteiger partial charge in [0.05, 0.1) is 72.5 Å². The van der Waals surface area contributed by atoms with Gasteiger partial charge in [-0.3, -0.25) is 4.79 Å². The Morgan fingerprint density at radius 3 is 1.48 bits per heavy atom. The average molecular weight is 457 g/mol. The molecule has 0 aromatic heterocycles. The van der Waals surface area contributed by atoms with Crippen LogP contribution >= 0.6 is 0 Å². The largest absolute Gasteiger partial charge is 0.420 e. The van der Waals surface area contributed by atoms with Crippen molar-refractivity contribution in [3.05, 3.63) is 29.3 Å². The number of nitrogens with two attached hydrogens (primary N) is 1. The zero-order valence-electron chi connectivity index (χ0n) is 17.0. The van der Waals surface area contributed by atoms with E-state index in [0.29, 0.717) is 52.8 Å². The third-order valence-corrected chi connectivity index (χ3v) is 3.49. The maximum absolute atomic E-state index is 13.4. The van der Waals surface area contributed by atoms with E-state index in [4.69, 9.17) is 29.4 Å². The molecule has 31 heavy (non-hydrogen) atoms. The molecule has 0 amide bonds. The van der Waals surface area contributed by atoms with Gasteiger partial charge in [0.1, 0.15) is 0 Å². The Kier molecular flexibility index (Phi) is 14.8. The van der Waals surface area contributed by atoms with E-state index < -0.39 is 35.0 Å². The second-order valence-electron chi connectivity index (χ2n) is 5.87. The Balaban J connectivity index is 1.96. The van der Waals surface area contributed by atoms with Gasteiger partial charge < -0.3 is 34.2 Å². The van der Waals surface area contributed by atoms with Gasteiger partial charge in [-0.25, -0.2) is 8.78 Å². The van der Waals surface area contributed by atoms with E-state index in [-0.39, 0.29) is 32.3 Å². The summed E-state index contributed by atoms with van der Waals surface area (Å²) in [5.74, 6) is -9.43. The summed E-state index contributed by atoms with van der Waals surface area (Å²) in [6, 6.07) is 0.0193. The molecule has 0 bridgehead atoms. The van der Waals surface area contributed by atoms with E-state index in [2.05, 4.69) is 4.74 Å². The number of carbonyl (C=O) groups excluding carboxylic acids is 1. The van der Waals surface area contributed by atoms with Crippen LogP contribution in [0, 0.1) is 23.3 Å². The predicted molar refractivity (Wildman–Crippen MR) is 99.7 cm³/mol. The minimum Gasteiger partial charge on any atom is -0.420 e. The van der Waals surface area contributed by atoms with Crippen molar-refractivity contribution in [3.8, 4) is 5.75 Å². The van der Waals surface area contributed by atoms with Crippen LogP contribution in [0.5, 0.6) is 5.75 Å². The van der Waals surface area contributed by atoms with Gasteiger partial charge in [-0.15, -0.1) is 0 Å². The standard InChI is InChI=1S/C19H27F4NO7/c20-14-13-15(21)18(23)19(17(14)22)31-16(25)1-3-26-5-7-28-9-11-30-12-10-29-8-6-27-4-2-24/h13H,1-12,24H2. The van der Waals surface area contributed by atoms with Gasteiger partial charge in [0.25, 0.3) is 0 Å². The maximum atomic E-state index is 13.4. The minimum atomic E-state index is -1.79. The van der Waals surface area contributed by atoms with Gasteiger partial charge >= 0.3 is 5.97 Å². The first-order valence-corrected chi connectivity index (χ1v) is 9.59. The van der Waals surface area contributed by atoms with Gasteiger partial charge in [-0.2, -0.15) is 8.78 Å². The molecule has 0 aliphatic rings. The highest BCUT2D eigenvalue weighted by Crippen LogP contribution is 2.26. The summed E-state index contributed by atoms with van der Waals surface area (Å²) in [4.78, 5) is 11.5. The van der Waals surface area contributed by atoms with Gasteiger partial charge in [-0.1, -0.05) is 0 Å². The number of ether oxygens (including phenoxy) is 6. The second kappa shape index (κ2) is 16.8. The van der Waals surface area contributed by atoms with Crippen LogP contribution in [-0.2, 0) is 28.5 Å². The summed E-state index contributed by atoms with van der Waals surface area (Å²) >= 11 is 0. The Morgan fingerprint density at radius 2 is 1.06 bits per heavy atom. The molecule has 2 N–H and O–H groups in total. The molecule has 1 rings (SSSR count). The molecular formula is C19H27F4NO7. The van der Waals surface area contributed by atoms with Crippen molar-refractivity contribution in [2.45, 2.75) is 6.42 Å². The van der Waals surface area contributed by atoms with Crippen LogP contribution in [0.1, 0.15) is 6.42 Å². The molecular weight excluding hydrogens is 430 g/mol. The third-order valence-electron chi connectivity index (χ3n) is 3.49. The van der Waals surface area contributed by atoms with Crippen LogP contribution in [0.2, 0.25) is 0 Å². The Morgan fingerprint density at radius 1 is 0.677 bits per heavy atom. The molecule has 0 fully saturated rings. The average Bonchev–Trinajstić information content (AvgIpc) is 2.75. The smallest absolute Gasteiger partial charge is 0.313 e. The molecule has 0 aliphatic heterocycles. The quantitative estimate of drug-likeness (QED) is 0.117. The van der Waals surface area contributed by atoms with E-state index in [1.807, 2.05) is 0 Å². The lowest BCUT2D eigenvalue weighted by molar-refractivity contribution is -0.136. The molecule has 178 valence electrons. The summed E-state index contributed by atoms with van der Waals surface area (Å²) in [5.41, 5.74) is 5.27. The lowest BCUT2D eigenvalue weighted by Gasteiger charge is -2.09. The SMILES string of the molecule is NCCOCCOCCOCCOCCOCCC(=O)Oc1c(F)c(F)cc(F)c1F. The van der Waals surface area contributed by atoms with Gasteiger partial charge in [-0.05, 0) is 0 Å². The molecule has 0 atom stereocenters. The van der Waals surface area contributed by atoms with Crippen molar-refractivity contribution < 1.29 is 50.8 Å². The van der Waals surface area contributed by atoms with Crippen LogP contribution < -0.4 is 10.5 Å². The van der Waals surface area contributed by atoms with Crippen molar-refractivity contribution in [2.24, 2.45) is 5.73 Å². The Hall–Kier alpha value is -1.83. The van der Waals surface area contributed by atoms with E-state index in [9.17, 15) is 22.4 Å². The fraction of sp³-hybridized carbons (Fsp3) is 0.632. The molecule has 0 aliphatic carbocycles. The summed E-state index contributed by atoms with van der Waals surface area (Å²) in [5, 5.41) is 0. The van der Waals surface area contributed by atoms with E-state index in [1.54, 1.807) is 0 Å². The molecule has 0 unspecified atom stereocenters. The zero-order chi connectivity index (χ0) is 22.9. The molecule has 0 saturated carbocycles. The molecule has 0 saturated heterocycles. The summed E-state index contributed by atoms with van der Waals surface area (Å²) < 4.78 is 83.3. The number of halogens is 4. The molecule has 1 aromatic rings. The van der Waals surface area contributed by atoms with Crippen molar-refractivity contribution in [2.75, 3.05) is 72.6 Å². The first kappa shape index (κ1) is 27.2. The number of esters is 1. The van der Waals surface area contributed by atoms with Crippen LogP contribution in [0.15, 0.2) is 6.07 Å². The fourth-order valence-corrected chi connectivity index (χ4v) is 2.03. The van der Waals surface area contributed by atoms with Crippen molar-refractivity contribution in [3.63, 3.8) is 0 Å². The first-order chi connectivity index (χ1) is 15.0. The topological polar surface area (TPSA) is 98.5 Å². The highest BCUT2D eigenvalue weighted by atomic mass is 19.2. The molecule has 0 heterocycles. The van der Waals surface area contributed by atoms with E-state index in [1.165, 1.54) is 0 Å². The van der Waals surface area contributed by atoms with Crippen LogP contribution in [-0.4, -0.2) is 78.6 Å². The van der Waals surface area contributed by atoms with E-state index >= 15 is 0 Å². The minimum absolute atomic E-state index is 0.0193. The van der Waals surface area contributed by atoms with E-state index in [0.717, 1.165) is 0 Å². The number of carbonyl (C=O) groups is 1. The fourth-order valence-electron chi connectivity index (χ4n) is 2.03. The number of benzene rings is 1. The highest BCUT2D eigenvalue weighted by molar-refractivity contribution is 5.72. The number of hydrogen-bond donors (Lipinski definition) is 1. The highest BCUT2D eigenvalue weighted by Gasteiger charge is 2.22. The van der Waals surface area contributed by atoms with Crippen LogP contribution in [0.25, 0.3) is 0 Å². The number of hydrogen-bond acceptors (Lipinski definition) is 8. The van der Waals surface area contributed by atoms with Gasteiger partial charge in [0, 0.05) is 12.6 Å². The van der Waals surface area contributed by atoms with Gasteiger partial charge in [0.2, 0.25) is 17.4 Å². The van der Waals surface area contributed by atoms with Crippen molar-refractivity contribution >= 4 is 5.97 Å². The Bertz CT molecular complexity index is 626. The van der Waals surface area contributed by atoms with Crippen molar-refractivity contribution in [1.29, 1.82) is 0 Å². The molecule has 8 nitrogen and oxygen atoms in total. The predicted octanol–water partition coefficient (Wildman–Crippen LogP) is 1.58. The maximum Gasteiger partial charge on any atom is 0.313 e. The molecule has 0 spiro atoms. The molecule has 12 heteroatoms. The summed E-state index contributed by atoms with van der Waals surface area (Å²) in [6.07, 6.45) is -0.378. The van der Waals surface area contributed by atoms with Crippen molar-refractivity contribution in [1.82, 2.24) is 0 Å². The molecule has 1 aromatic carbocycles. The lowest BCUT2D eigenvalue weighted by Crippen LogP contribution is -2.16. The monoisotopic (exact) mass is 457 g/mol. The lowest BCUT2D eigenvalue weighted by atomic mass is 10.3.